The Kier molecular flexibility index (Phi) is 3.44. The molecule has 2 aliphatic carbocycles. The highest BCUT2D eigenvalue weighted by molar-refractivity contribution is 5.47. The van der Waals surface area contributed by atoms with E-state index in [4.69, 9.17) is 4.52 Å². The van der Waals surface area contributed by atoms with E-state index in [9.17, 15) is 0 Å². The van der Waals surface area contributed by atoms with Crippen LogP contribution in [0.15, 0.2) is 28.8 Å². The number of benzene rings is 1. The summed E-state index contributed by atoms with van der Waals surface area (Å²) in [7, 11) is 4.05. The van der Waals surface area contributed by atoms with E-state index < -0.39 is 0 Å². The summed E-state index contributed by atoms with van der Waals surface area (Å²) in [5.74, 6) is 2.49. The van der Waals surface area contributed by atoms with Gasteiger partial charge in [0.05, 0.1) is 5.69 Å². The molecule has 0 aliphatic heterocycles. The highest BCUT2D eigenvalue weighted by Crippen LogP contribution is 2.37. The molecule has 0 bridgehead atoms. The van der Waals surface area contributed by atoms with E-state index in [0.717, 1.165) is 30.3 Å². The standard InChI is InChI=1S/C19H24N2O/c1-21(2)19-17-12-16(9-10-18(17)20-22-19)15-7-5-14(6-8-15)11-13-3-4-13/h5-8,13,16H,3-4,9-12H2,1-2H3. The second kappa shape index (κ2) is 5.45. The van der Waals surface area contributed by atoms with Gasteiger partial charge in [0, 0.05) is 19.7 Å². The van der Waals surface area contributed by atoms with Crippen LogP contribution in [0, 0.1) is 5.92 Å². The van der Waals surface area contributed by atoms with Crippen molar-refractivity contribution in [1.29, 1.82) is 0 Å². The van der Waals surface area contributed by atoms with Gasteiger partial charge in [-0.05, 0) is 61.5 Å². The second-order valence-corrected chi connectivity index (χ2v) is 7.14. The van der Waals surface area contributed by atoms with Crippen molar-refractivity contribution < 1.29 is 4.52 Å². The molecule has 2 aliphatic rings. The molecule has 1 unspecified atom stereocenters. The monoisotopic (exact) mass is 296 g/mol. The van der Waals surface area contributed by atoms with Gasteiger partial charge >= 0.3 is 0 Å². The van der Waals surface area contributed by atoms with Gasteiger partial charge in [-0.15, -0.1) is 0 Å². The van der Waals surface area contributed by atoms with Gasteiger partial charge in [-0.1, -0.05) is 29.4 Å². The lowest BCUT2D eigenvalue weighted by Gasteiger charge is -2.23. The van der Waals surface area contributed by atoms with Gasteiger partial charge in [-0.25, -0.2) is 0 Å². The van der Waals surface area contributed by atoms with Gasteiger partial charge in [-0.2, -0.15) is 0 Å². The summed E-state index contributed by atoms with van der Waals surface area (Å²) >= 11 is 0. The summed E-state index contributed by atoms with van der Waals surface area (Å²) in [4.78, 5) is 2.03. The third kappa shape index (κ3) is 2.65. The third-order valence-electron chi connectivity index (χ3n) is 5.11. The number of aromatic nitrogens is 1. The van der Waals surface area contributed by atoms with Gasteiger partial charge in [-0.3, -0.25) is 0 Å². The predicted octanol–water partition coefficient (Wildman–Crippen LogP) is 3.97. The average Bonchev–Trinajstić information content (AvgIpc) is 3.23. The van der Waals surface area contributed by atoms with Crippen molar-refractivity contribution in [3.63, 3.8) is 0 Å². The van der Waals surface area contributed by atoms with Crippen LogP contribution in [0.2, 0.25) is 0 Å². The quantitative estimate of drug-likeness (QED) is 0.855. The van der Waals surface area contributed by atoms with Crippen LogP contribution >= 0.6 is 0 Å². The van der Waals surface area contributed by atoms with Crippen molar-refractivity contribution >= 4 is 5.88 Å². The molecule has 0 N–H and O–H groups in total. The summed E-state index contributed by atoms with van der Waals surface area (Å²) in [5, 5.41) is 4.24. The molecule has 0 radical (unpaired) electrons. The van der Waals surface area contributed by atoms with E-state index in [-0.39, 0.29) is 0 Å². The zero-order chi connectivity index (χ0) is 15.1. The normalized spacial score (nSPS) is 20.7. The minimum absolute atomic E-state index is 0.598. The number of rotatable bonds is 4. The maximum absolute atomic E-state index is 5.51. The molecule has 22 heavy (non-hydrogen) atoms. The Morgan fingerprint density at radius 2 is 1.91 bits per heavy atom. The fourth-order valence-electron chi connectivity index (χ4n) is 3.61. The van der Waals surface area contributed by atoms with Crippen molar-refractivity contribution in [1.82, 2.24) is 5.16 Å². The van der Waals surface area contributed by atoms with Crippen molar-refractivity contribution in [2.24, 2.45) is 5.92 Å². The maximum Gasteiger partial charge on any atom is 0.230 e. The molecule has 1 fully saturated rings. The zero-order valence-electron chi connectivity index (χ0n) is 13.5. The number of hydrogen-bond acceptors (Lipinski definition) is 3. The number of hydrogen-bond donors (Lipinski definition) is 0. The van der Waals surface area contributed by atoms with Crippen LogP contribution in [0.5, 0.6) is 0 Å². The number of fused-ring (bicyclic) bond motifs is 1. The fourth-order valence-corrected chi connectivity index (χ4v) is 3.61. The average molecular weight is 296 g/mol. The Morgan fingerprint density at radius 3 is 2.59 bits per heavy atom. The summed E-state index contributed by atoms with van der Waals surface area (Å²) in [5.41, 5.74) is 5.44. The summed E-state index contributed by atoms with van der Waals surface area (Å²) in [6.07, 6.45) is 7.37. The Balaban J connectivity index is 1.52. The van der Waals surface area contributed by atoms with E-state index in [0.29, 0.717) is 5.92 Å². The third-order valence-corrected chi connectivity index (χ3v) is 5.11. The van der Waals surface area contributed by atoms with Crippen molar-refractivity contribution in [2.75, 3.05) is 19.0 Å². The molecule has 1 heterocycles. The molecule has 0 spiro atoms. The molecule has 0 amide bonds. The first-order valence-corrected chi connectivity index (χ1v) is 8.44. The fraction of sp³-hybridized carbons (Fsp3) is 0.526. The summed E-state index contributed by atoms with van der Waals surface area (Å²) < 4.78 is 5.51. The molecule has 1 aromatic heterocycles. The molecule has 0 saturated heterocycles. The highest BCUT2D eigenvalue weighted by atomic mass is 16.5. The lowest BCUT2D eigenvalue weighted by molar-refractivity contribution is 0.415. The minimum Gasteiger partial charge on any atom is -0.347 e. The molecule has 4 rings (SSSR count). The smallest absolute Gasteiger partial charge is 0.230 e. The van der Waals surface area contributed by atoms with Gasteiger partial charge in [0.15, 0.2) is 0 Å². The van der Waals surface area contributed by atoms with Gasteiger partial charge in [0.25, 0.3) is 0 Å². The largest absolute Gasteiger partial charge is 0.347 e. The molecule has 1 aromatic carbocycles. The molecule has 1 saturated carbocycles. The molecular weight excluding hydrogens is 272 g/mol. The lowest BCUT2D eigenvalue weighted by Crippen LogP contribution is -2.16. The molecule has 3 nitrogen and oxygen atoms in total. The van der Waals surface area contributed by atoms with Crippen LogP contribution in [0.3, 0.4) is 0 Å². The number of aryl methyl sites for hydroxylation is 1. The van der Waals surface area contributed by atoms with Gasteiger partial charge < -0.3 is 9.42 Å². The van der Waals surface area contributed by atoms with E-state index in [1.54, 1.807) is 0 Å². The van der Waals surface area contributed by atoms with E-state index in [1.807, 2.05) is 19.0 Å². The first-order chi connectivity index (χ1) is 10.7. The molecule has 1 atom stereocenters. The number of anilines is 1. The highest BCUT2D eigenvalue weighted by Gasteiger charge is 2.27. The van der Waals surface area contributed by atoms with Crippen molar-refractivity contribution in [3.8, 4) is 0 Å². The minimum atomic E-state index is 0.598. The second-order valence-electron chi connectivity index (χ2n) is 7.14. The van der Waals surface area contributed by atoms with Crippen LogP contribution < -0.4 is 4.90 Å². The van der Waals surface area contributed by atoms with Crippen LogP contribution in [0.25, 0.3) is 0 Å². The maximum atomic E-state index is 5.51. The van der Waals surface area contributed by atoms with Gasteiger partial charge in [0.1, 0.15) is 0 Å². The van der Waals surface area contributed by atoms with E-state index in [1.165, 1.54) is 42.4 Å². The Bertz CT molecular complexity index is 653. The lowest BCUT2D eigenvalue weighted by atomic mass is 9.82. The van der Waals surface area contributed by atoms with Crippen LogP contribution in [-0.2, 0) is 19.3 Å². The van der Waals surface area contributed by atoms with Crippen LogP contribution in [-0.4, -0.2) is 19.3 Å². The number of nitrogens with zero attached hydrogens (tertiary/aromatic N) is 2. The van der Waals surface area contributed by atoms with Crippen molar-refractivity contribution in [2.45, 2.75) is 44.4 Å². The summed E-state index contributed by atoms with van der Waals surface area (Å²) in [6.45, 7) is 0. The van der Waals surface area contributed by atoms with Gasteiger partial charge in [0.2, 0.25) is 5.88 Å². The topological polar surface area (TPSA) is 29.3 Å². The molecule has 2 aromatic rings. The predicted molar refractivity (Wildman–Crippen MR) is 88.5 cm³/mol. The van der Waals surface area contributed by atoms with E-state index in [2.05, 4.69) is 29.4 Å². The Labute approximate surface area is 132 Å². The first-order valence-electron chi connectivity index (χ1n) is 8.44. The SMILES string of the molecule is CN(C)c1onc2c1CC(c1ccc(CC3CC3)cc1)CC2. The van der Waals surface area contributed by atoms with Crippen LogP contribution in [0.4, 0.5) is 5.88 Å². The molecule has 3 heteroatoms. The molecular formula is C19H24N2O. The Hall–Kier alpha value is -1.77. The Morgan fingerprint density at radius 1 is 1.14 bits per heavy atom. The van der Waals surface area contributed by atoms with Crippen molar-refractivity contribution in [3.05, 3.63) is 46.6 Å². The van der Waals surface area contributed by atoms with Crippen LogP contribution in [0.1, 0.15) is 47.6 Å². The zero-order valence-corrected chi connectivity index (χ0v) is 13.5. The molecule has 116 valence electrons. The van der Waals surface area contributed by atoms with E-state index >= 15 is 0 Å². The summed E-state index contributed by atoms with van der Waals surface area (Å²) in [6, 6.07) is 9.36. The first kappa shape index (κ1) is 13.9.